The molecule has 0 unspecified atom stereocenters. The summed E-state index contributed by atoms with van der Waals surface area (Å²) >= 11 is 0. The second-order valence-corrected chi connectivity index (χ2v) is 9.87. The van der Waals surface area contributed by atoms with Crippen LogP contribution in [0.3, 0.4) is 0 Å². The molecule has 34 heavy (non-hydrogen) atoms. The van der Waals surface area contributed by atoms with E-state index >= 15 is 0 Å². The third kappa shape index (κ3) is 15.4. The van der Waals surface area contributed by atoms with E-state index in [0.29, 0.717) is 6.42 Å². The van der Waals surface area contributed by atoms with Gasteiger partial charge in [-0.1, -0.05) is 6.92 Å². The molecule has 0 bridgehead atoms. The van der Waals surface area contributed by atoms with Crippen LogP contribution in [0.1, 0.15) is 36.5 Å². The maximum absolute atomic E-state index is 12.2. The molecule has 196 valence electrons. The highest BCUT2D eigenvalue weighted by Gasteiger charge is 2.22. The lowest BCUT2D eigenvalue weighted by atomic mass is 10.1. The molecule has 1 rings (SSSR count). The fraction of sp³-hybridized carbons (Fsp3) is 0.588. The zero-order valence-corrected chi connectivity index (χ0v) is 20.8. The van der Waals surface area contributed by atoms with Gasteiger partial charge in [-0.15, -0.1) is 12.6 Å². The molecule has 0 amide bonds. The lowest BCUT2D eigenvalue weighted by Crippen LogP contribution is -2.13. The lowest BCUT2D eigenvalue weighted by Gasteiger charge is -2.17. The fourth-order valence-electron chi connectivity index (χ4n) is 2.25. The van der Waals surface area contributed by atoms with E-state index in [2.05, 4.69) is 0 Å². The van der Waals surface area contributed by atoms with Crippen LogP contribution in [0.25, 0.3) is 0 Å². The first-order chi connectivity index (χ1) is 15.7. The summed E-state index contributed by atoms with van der Waals surface area (Å²) in [6.45, 7) is 1.95. The predicted octanol–water partition coefficient (Wildman–Crippen LogP) is 0.571. The van der Waals surface area contributed by atoms with E-state index in [1.54, 1.807) is 0 Å². The number of hydrogen-bond donors (Lipinski definition) is 2. The maximum atomic E-state index is 12.2. The Labute approximate surface area is 198 Å². The number of benzene rings is 1. The Bertz CT molecular complexity index is 1100. The van der Waals surface area contributed by atoms with Gasteiger partial charge in [0.2, 0.25) is 0 Å². The molecule has 0 saturated heterocycles. The highest BCUT2D eigenvalue weighted by molar-refractivity contribution is 7.86. The van der Waals surface area contributed by atoms with Crippen LogP contribution >= 0.6 is 0 Å². The van der Waals surface area contributed by atoms with Gasteiger partial charge in [-0.3, -0.25) is 9.11 Å². The summed E-state index contributed by atoms with van der Waals surface area (Å²) in [5, 5.41) is 0. The zero-order chi connectivity index (χ0) is 26.4. The smallest absolute Gasteiger partial charge is 0.425 e. The van der Waals surface area contributed by atoms with E-state index in [9.17, 15) is 21.6 Å². The van der Waals surface area contributed by atoms with Crippen molar-refractivity contribution in [2.75, 3.05) is 38.4 Å². The molecule has 1 aromatic carbocycles. The number of ether oxygens (including phenoxy) is 4. The molecule has 1 aromatic rings. The number of hydrogen-bond acceptors (Lipinski definition) is 12. The maximum Gasteiger partial charge on any atom is 0.425 e. The molecule has 0 heterocycles. The minimum atomic E-state index is -4.16. The molecule has 0 radical (unpaired) electrons. The summed E-state index contributed by atoms with van der Waals surface area (Å²) in [6.07, 6.45) is 0.627. The van der Waals surface area contributed by atoms with Gasteiger partial charge in [0.15, 0.2) is 0 Å². The van der Waals surface area contributed by atoms with E-state index in [1.807, 2.05) is 6.92 Å². The van der Waals surface area contributed by atoms with Crippen LogP contribution in [0.15, 0.2) is 12.1 Å². The third-order valence-corrected chi connectivity index (χ3v) is 5.12. The SMILES string of the molecule is CCCOc1cc(OCCCS(=O)(=O)O)cc(OCCCS(=O)(=O)O)c1C(=O)OC.O=S(=O)=O. The van der Waals surface area contributed by atoms with Crippen LogP contribution in [0.2, 0.25) is 0 Å². The first kappa shape index (κ1) is 31.5. The zero-order valence-electron chi connectivity index (χ0n) is 18.3. The largest absolute Gasteiger partial charge is 0.493 e. The molecule has 0 aliphatic carbocycles. The molecule has 0 aliphatic rings. The van der Waals surface area contributed by atoms with Gasteiger partial charge in [0, 0.05) is 12.1 Å². The van der Waals surface area contributed by atoms with Crippen LogP contribution < -0.4 is 14.2 Å². The molecule has 0 atom stereocenters. The van der Waals surface area contributed by atoms with Crippen LogP contribution in [0.5, 0.6) is 17.2 Å². The average Bonchev–Trinajstić information content (AvgIpc) is 2.70. The number of carbonyl (C=O) groups excluding carboxylic acids is 1. The Balaban J connectivity index is 0.00000251. The Hall–Kier alpha value is -2.47. The molecular weight excluding hydrogens is 524 g/mol. The molecule has 0 spiro atoms. The minimum absolute atomic E-state index is 0.00979. The summed E-state index contributed by atoms with van der Waals surface area (Å²) in [7, 11) is -10.2. The van der Waals surface area contributed by atoms with E-state index < -0.39 is 48.3 Å². The van der Waals surface area contributed by atoms with E-state index in [4.69, 9.17) is 40.7 Å². The number of carbonyl (C=O) groups is 1. The van der Waals surface area contributed by atoms with E-state index in [0.717, 1.165) is 0 Å². The highest BCUT2D eigenvalue weighted by Crippen LogP contribution is 2.35. The van der Waals surface area contributed by atoms with Gasteiger partial charge in [-0.2, -0.15) is 16.8 Å². The first-order valence-corrected chi connectivity index (χ1v) is 13.7. The first-order valence-electron chi connectivity index (χ1n) is 9.52. The van der Waals surface area contributed by atoms with Gasteiger partial charge in [0.05, 0.1) is 38.4 Å². The number of esters is 1. The van der Waals surface area contributed by atoms with Crippen molar-refractivity contribution < 1.29 is 62.3 Å². The second kappa shape index (κ2) is 15.4. The topological polar surface area (TPSA) is 214 Å². The van der Waals surface area contributed by atoms with Gasteiger partial charge in [0.25, 0.3) is 20.2 Å². The van der Waals surface area contributed by atoms with E-state index in [-0.39, 0.29) is 55.5 Å². The Morgan fingerprint density at radius 1 is 0.853 bits per heavy atom. The predicted molar refractivity (Wildman–Crippen MR) is 116 cm³/mol. The summed E-state index contributed by atoms with van der Waals surface area (Å²) < 4.78 is 107. The van der Waals surface area contributed by atoms with Gasteiger partial charge >= 0.3 is 16.6 Å². The fourth-order valence-corrected chi connectivity index (χ4v) is 3.21. The van der Waals surface area contributed by atoms with Gasteiger partial charge in [0.1, 0.15) is 22.8 Å². The van der Waals surface area contributed by atoms with Crippen molar-refractivity contribution in [2.45, 2.75) is 26.2 Å². The van der Waals surface area contributed by atoms with Crippen molar-refractivity contribution in [3.8, 4) is 17.2 Å². The molecule has 17 heteroatoms. The quantitative estimate of drug-likeness (QED) is 0.184. The Morgan fingerprint density at radius 2 is 1.26 bits per heavy atom. The summed E-state index contributed by atoms with van der Waals surface area (Å²) in [4.78, 5) is 12.2. The minimum Gasteiger partial charge on any atom is -0.493 e. The standard InChI is InChI=1S/C17H26O11S2.O3S/c1-3-6-27-14-11-13(26-7-4-9-29(19,20)21)12-15(16(14)17(18)25-2)28-8-5-10-30(22,23)24;1-4(2)3/h11-12H,3-10H2,1-2H3,(H,19,20,21)(H,22,23,24);. The van der Waals surface area contributed by atoms with Crippen molar-refractivity contribution >= 4 is 36.8 Å². The molecule has 0 saturated carbocycles. The highest BCUT2D eigenvalue weighted by atomic mass is 32.2. The molecular formula is C17H26O14S3. The van der Waals surface area contributed by atoms with Crippen molar-refractivity contribution in [2.24, 2.45) is 0 Å². The van der Waals surface area contributed by atoms with Crippen LogP contribution in [-0.2, 0) is 35.6 Å². The van der Waals surface area contributed by atoms with Crippen molar-refractivity contribution in [3.05, 3.63) is 17.7 Å². The summed E-state index contributed by atoms with van der Waals surface area (Å²) in [5.74, 6) is -1.43. The lowest BCUT2D eigenvalue weighted by molar-refractivity contribution is 0.0590. The van der Waals surface area contributed by atoms with Gasteiger partial charge in [-0.25, -0.2) is 4.79 Å². The van der Waals surface area contributed by atoms with Crippen LogP contribution in [-0.4, -0.2) is 83.0 Å². The average molecular weight is 551 g/mol. The van der Waals surface area contributed by atoms with Crippen molar-refractivity contribution in [3.63, 3.8) is 0 Å². The molecule has 0 aliphatic heterocycles. The van der Waals surface area contributed by atoms with Crippen LogP contribution in [0, 0.1) is 0 Å². The van der Waals surface area contributed by atoms with Crippen molar-refractivity contribution in [1.29, 1.82) is 0 Å². The van der Waals surface area contributed by atoms with Crippen molar-refractivity contribution in [1.82, 2.24) is 0 Å². The summed E-state index contributed by atoms with van der Waals surface area (Å²) in [5.41, 5.74) is -0.0249. The number of rotatable bonds is 14. The number of methoxy groups -OCH3 is 1. The molecule has 0 aromatic heterocycles. The molecule has 2 N–H and O–H groups in total. The normalized spacial score (nSPS) is 11.1. The Morgan fingerprint density at radius 3 is 1.65 bits per heavy atom. The molecule has 0 fully saturated rings. The van der Waals surface area contributed by atoms with Gasteiger partial charge in [-0.05, 0) is 19.3 Å². The van der Waals surface area contributed by atoms with Crippen LogP contribution in [0.4, 0.5) is 0 Å². The monoisotopic (exact) mass is 550 g/mol. The summed E-state index contributed by atoms with van der Waals surface area (Å²) in [6, 6.07) is 2.77. The third-order valence-electron chi connectivity index (χ3n) is 3.51. The van der Waals surface area contributed by atoms with Gasteiger partial charge < -0.3 is 18.9 Å². The molecule has 14 nitrogen and oxygen atoms in total. The Kier molecular flexibility index (Phi) is 14.3. The second-order valence-electron chi connectivity index (χ2n) is 6.31. The van der Waals surface area contributed by atoms with E-state index in [1.165, 1.54) is 19.2 Å².